The Morgan fingerprint density at radius 3 is 2.10 bits per heavy atom. The fourth-order valence-corrected chi connectivity index (χ4v) is 2.64. The molecule has 21 heavy (non-hydrogen) atoms. The number of hydrogen-bond acceptors (Lipinski definition) is 4. The van der Waals surface area contributed by atoms with E-state index in [0.717, 1.165) is 22.6 Å². The van der Waals surface area contributed by atoms with Crippen LogP contribution in [0.2, 0.25) is 0 Å². The van der Waals surface area contributed by atoms with Gasteiger partial charge < -0.3 is 9.47 Å². The highest BCUT2D eigenvalue weighted by atomic mass is 16.5. The predicted molar refractivity (Wildman–Crippen MR) is 84.6 cm³/mol. The number of aryl methyl sites for hydroxylation is 2. The molecule has 2 aromatic rings. The first-order valence-electron chi connectivity index (χ1n) is 6.86. The fourth-order valence-electron chi connectivity index (χ4n) is 2.64. The van der Waals surface area contributed by atoms with Crippen molar-refractivity contribution < 1.29 is 9.47 Å². The van der Waals surface area contributed by atoms with Crippen molar-refractivity contribution in [3.8, 4) is 11.5 Å². The number of ether oxygens (including phenoxy) is 2. The maximum absolute atomic E-state index is 5.83. The van der Waals surface area contributed by atoms with E-state index in [2.05, 4.69) is 37.5 Å². The van der Waals surface area contributed by atoms with Crippen molar-refractivity contribution in [2.24, 2.45) is 5.84 Å². The molecular weight excluding hydrogens is 264 g/mol. The smallest absolute Gasteiger partial charge is 0.127 e. The fraction of sp³-hybridized carbons (Fsp3) is 0.294. The zero-order chi connectivity index (χ0) is 15.4. The van der Waals surface area contributed by atoms with Crippen LogP contribution in [0, 0.1) is 13.8 Å². The Kier molecular flexibility index (Phi) is 4.83. The topological polar surface area (TPSA) is 56.5 Å². The molecule has 0 heterocycles. The van der Waals surface area contributed by atoms with E-state index in [1.165, 1.54) is 11.1 Å². The molecule has 0 radical (unpaired) electrons. The Balaban J connectivity index is 2.61. The molecule has 0 amide bonds. The number of hydrogen-bond donors (Lipinski definition) is 2. The van der Waals surface area contributed by atoms with Crippen LogP contribution in [0.4, 0.5) is 0 Å². The van der Waals surface area contributed by atoms with Crippen LogP contribution in [-0.4, -0.2) is 14.2 Å². The molecule has 1 atom stereocenters. The summed E-state index contributed by atoms with van der Waals surface area (Å²) in [5.41, 5.74) is 7.28. The lowest BCUT2D eigenvalue weighted by Gasteiger charge is -2.23. The minimum absolute atomic E-state index is 0.198. The number of benzene rings is 2. The number of hydrazine groups is 1. The van der Waals surface area contributed by atoms with Crippen LogP contribution in [0.3, 0.4) is 0 Å². The van der Waals surface area contributed by atoms with Gasteiger partial charge in [-0.15, -0.1) is 0 Å². The molecule has 0 bridgehead atoms. The number of nitrogens with two attached hydrogens (primary N) is 1. The van der Waals surface area contributed by atoms with Gasteiger partial charge in [-0.3, -0.25) is 5.84 Å². The molecule has 112 valence electrons. The van der Waals surface area contributed by atoms with E-state index in [-0.39, 0.29) is 6.04 Å². The average Bonchev–Trinajstić information content (AvgIpc) is 2.49. The molecule has 0 aromatic heterocycles. The van der Waals surface area contributed by atoms with Gasteiger partial charge in [0.2, 0.25) is 0 Å². The number of rotatable bonds is 5. The second-order valence-corrected chi connectivity index (χ2v) is 5.04. The van der Waals surface area contributed by atoms with E-state index in [9.17, 15) is 0 Å². The van der Waals surface area contributed by atoms with E-state index in [4.69, 9.17) is 15.3 Å². The lowest BCUT2D eigenvalue weighted by atomic mass is 9.93. The molecule has 1 unspecified atom stereocenters. The molecule has 0 aliphatic carbocycles. The van der Waals surface area contributed by atoms with Gasteiger partial charge in [-0.25, -0.2) is 5.43 Å². The van der Waals surface area contributed by atoms with Crippen molar-refractivity contribution in [2.45, 2.75) is 19.9 Å². The van der Waals surface area contributed by atoms with Gasteiger partial charge in [-0.2, -0.15) is 0 Å². The lowest BCUT2D eigenvalue weighted by molar-refractivity contribution is 0.377. The maximum atomic E-state index is 5.83. The van der Waals surface area contributed by atoms with Gasteiger partial charge in [-0.1, -0.05) is 29.8 Å². The van der Waals surface area contributed by atoms with Crippen molar-refractivity contribution >= 4 is 0 Å². The normalized spacial score (nSPS) is 12.0. The van der Waals surface area contributed by atoms with Gasteiger partial charge in [0.05, 0.1) is 25.8 Å². The third kappa shape index (κ3) is 3.01. The summed E-state index contributed by atoms with van der Waals surface area (Å²) in [5.74, 6) is 7.32. The van der Waals surface area contributed by atoms with Gasteiger partial charge >= 0.3 is 0 Å². The van der Waals surface area contributed by atoms with Gasteiger partial charge in [0.25, 0.3) is 0 Å². The highest BCUT2D eigenvalue weighted by molar-refractivity contribution is 5.52. The standard InChI is InChI=1S/C17H22N2O2/c1-11-8-9-13(12(2)10-11)17(19-18)16-14(20-3)6-5-7-15(16)21-4/h5-10,17,19H,18H2,1-4H3. The second-order valence-electron chi connectivity index (χ2n) is 5.04. The summed E-state index contributed by atoms with van der Waals surface area (Å²) < 4.78 is 11.0. The molecule has 4 nitrogen and oxygen atoms in total. The van der Waals surface area contributed by atoms with Crippen molar-refractivity contribution in [3.63, 3.8) is 0 Å². The van der Waals surface area contributed by atoms with Crippen LogP contribution in [0.5, 0.6) is 11.5 Å². The predicted octanol–water partition coefficient (Wildman–Crippen LogP) is 2.87. The summed E-state index contributed by atoms with van der Waals surface area (Å²) in [4.78, 5) is 0. The van der Waals surface area contributed by atoms with Crippen LogP contribution in [0.1, 0.15) is 28.3 Å². The Morgan fingerprint density at radius 2 is 1.62 bits per heavy atom. The minimum Gasteiger partial charge on any atom is -0.496 e. The van der Waals surface area contributed by atoms with E-state index < -0.39 is 0 Å². The highest BCUT2D eigenvalue weighted by Gasteiger charge is 2.22. The SMILES string of the molecule is COc1cccc(OC)c1C(NN)c1ccc(C)cc1C. The average molecular weight is 286 g/mol. The zero-order valence-corrected chi connectivity index (χ0v) is 12.9. The maximum Gasteiger partial charge on any atom is 0.127 e. The summed E-state index contributed by atoms with van der Waals surface area (Å²) in [7, 11) is 3.29. The third-order valence-electron chi connectivity index (χ3n) is 3.66. The number of nitrogens with one attached hydrogen (secondary N) is 1. The Bertz CT molecular complexity index is 604. The van der Waals surface area contributed by atoms with Crippen molar-refractivity contribution in [1.29, 1.82) is 0 Å². The molecule has 2 aromatic carbocycles. The van der Waals surface area contributed by atoms with E-state index >= 15 is 0 Å². The first-order chi connectivity index (χ1) is 10.1. The third-order valence-corrected chi connectivity index (χ3v) is 3.66. The Hall–Kier alpha value is -2.04. The molecule has 4 heteroatoms. The van der Waals surface area contributed by atoms with Crippen LogP contribution in [0.15, 0.2) is 36.4 Å². The molecule has 0 aliphatic heterocycles. The summed E-state index contributed by atoms with van der Waals surface area (Å²) >= 11 is 0. The van der Waals surface area contributed by atoms with Gasteiger partial charge in [0.15, 0.2) is 0 Å². The summed E-state index contributed by atoms with van der Waals surface area (Å²) in [6.45, 7) is 4.15. The van der Waals surface area contributed by atoms with Crippen LogP contribution in [-0.2, 0) is 0 Å². The highest BCUT2D eigenvalue weighted by Crippen LogP contribution is 2.37. The van der Waals surface area contributed by atoms with Crippen LogP contribution < -0.4 is 20.7 Å². The zero-order valence-electron chi connectivity index (χ0n) is 12.9. The Labute approximate surface area is 125 Å². The van der Waals surface area contributed by atoms with Gasteiger partial charge in [0, 0.05) is 0 Å². The van der Waals surface area contributed by atoms with Gasteiger partial charge in [-0.05, 0) is 37.1 Å². The van der Waals surface area contributed by atoms with Gasteiger partial charge in [0.1, 0.15) is 11.5 Å². The monoisotopic (exact) mass is 286 g/mol. The van der Waals surface area contributed by atoms with Crippen LogP contribution >= 0.6 is 0 Å². The lowest BCUT2D eigenvalue weighted by Crippen LogP contribution is -2.30. The largest absolute Gasteiger partial charge is 0.496 e. The Morgan fingerprint density at radius 1 is 1.00 bits per heavy atom. The molecule has 0 fully saturated rings. The van der Waals surface area contributed by atoms with E-state index in [1.54, 1.807) is 14.2 Å². The molecule has 2 rings (SSSR count). The molecule has 0 spiro atoms. The summed E-state index contributed by atoms with van der Waals surface area (Å²) in [6, 6.07) is 11.8. The first kappa shape index (κ1) is 15.4. The number of methoxy groups -OCH3 is 2. The second kappa shape index (κ2) is 6.61. The quantitative estimate of drug-likeness (QED) is 0.655. The van der Waals surface area contributed by atoms with E-state index in [1.807, 2.05) is 18.2 Å². The first-order valence-corrected chi connectivity index (χ1v) is 6.86. The van der Waals surface area contributed by atoms with Crippen molar-refractivity contribution in [2.75, 3.05) is 14.2 Å². The van der Waals surface area contributed by atoms with Crippen molar-refractivity contribution in [1.82, 2.24) is 5.43 Å². The molecule has 0 saturated carbocycles. The van der Waals surface area contributed by atoms with Crippen molar-refractivity contribution in [3.05, 3.63) is 58.7 Å². The molecule has 3 N–H and O–H groups in total. The molecule has 0 saturated heterocycles. The summed E-state index contributed by atoms with van der Waals surface area (Å²) in [5, 5.41) is 0. The summed E-state index contributed by atoms with van der Waals surface area (Å²) in [6.07, 6.45) is 0. The minimum atomic E-state index is -0.198. The van der Waals surface area contributed by atoms with E-state index in [0.29, 0.717) is 0 Å². The molecular formula is C17H22N2O2. The molecule has 0 aliphatic rings. The van der Waals surface area contributed by atoms with Crippen LogP contribution in [0.25, 0.3) is 0 Å².